The molecule has 0 saturated carbocycles. The summed E-state index contributed by atoms with van der Waals surface area (Å²) in [6.45, 7) is 0. The van der Waals surface area contributed by atoms with E-state index in [1.54, 1.807) is 0 Å². The van der Waals surface area contributed by atoms with Crippen molar-refractivity contribution in [2.75, 3.05) is 4.90 Å². The smallest absolute Gasteiger partial charge is 0.0547 e. The molecular weight excluding hydrogens is 723 g/mol. The lowest BCUT2D eigenvalue weighted by Gasteiger charge is -2.26. The molecule has 12 aromatic rings. The number of hydrogen-bond donors (Lipinski definition) is 0. The summed E-state index contributed by atoms with van der Waals surface area (Å²) in [4.78, 5) is 2.38. The van der Waals surface area contributed by atoms with Crippen molar-refractivity contribution in [2.45, 2.75) is 0 Å². The minimum Gasteiger partial charge on any atom is -0.310 e. The largest absolute Gasteiger partial charge is 0.310 e. The predicted octanol–water partition coefficient (Wildman–Crippen LogP) is 15.4. The maximum atomic E-state index is 2.42. The lowest BCUT2D eigenvalue weighted by molar-refractivity contribution is 1.17. The second kappa shape index (κ2) is 13.1. The Labute approximate surface area is 339 Å². The number of benzene rings is 9. The Morgan fingerprint density at radius 2 is 0.845 bits per heavy atom. The summed E-state index contributed by atoms with van der Waals surface area (Å²) in [6.07, 6.45) is 0. The van der Waals surface area contributed by atoms with Crippen LogP contribution in [0.5, 0.6) is 0 Å². The molecule has 3 heterocycles. The Morgan fingerprint density at radius 3 is 1.66 bits per heavy atom. The zero-order valence-electron chi connectivity index (χ0n) is 31.5. The maximum Gasteiger partial charge on any atom is 0.0547 e. The van der Waals surface area contributed by atoms with Gasteiger partial charge in [0, 0.05) is 70.2 Å². The lowest BCUT2D eigenvalue weighted by atomic mass is 10.0. The van der Waals surface area contributed by atoms with Gasteiger partial charge in [0.25, 0.3) is 0 Å². The van der Waals surface area contributed by atoms with Crippen molar-refractivity contribution >= 4 is 92.2 Å². The second-order valence-corrected chi connectivity index (χ2v) is 16.1. The van der Waals surface area contributed by atoms with E-state index in [-0.39, 0.29) is 0 Å². The van der Waals surface area contributed by atoms with Crippen LogP contribution in [-0.4, -0.2) is 9.13 Å². The van der Waals surface area contributed by atoms with E-state index in [4.69, 9.17) is 0 Å². The summed E-state index contributed by atoms with van der Waals surface area (Å²) in [7, 11) is 0. The SMILES string of the molecule is c1ccc(N(c2cccc(-n3c4ccccc4c4cc(-c5ccc6c7ccccc7n(-c7ccccc7)c6c5)ccc43)c2)c2ccc3sc4ccccc4c3c2)cc1. The van der Waals surface area contributed by atoms with E-state index in [0.29, 0.717) is 0 Å². The summed E-state index contributed by atoms with van der Waals surface area (Å²) in [6, 6.07) is 77.4. The van der Waals surface area contributed by atoms with Crippen LogP contribution in [0.15, 0.2) is 212 Å². The van der Waals surface area contributed by atoms with Crippen molar-refractivity contribution in [3.05, 3.63) is 212 Å². The van der Waals surface area contributed by atoms with Crippen LogP contribution in [0.1, 0.15) is 0 Å². The van der Waals surface area contributed by atoms with E-state index in [9.17, 15) is 0 Å². The van der Waals surface area contributed by atoms with Crippen LogP contribution >= 0.6 is 11.3 Å². The highest BCUT2D eigenvalue weighted by Crippen LogP contribution is 2.43. The minimum atomic E-state index is 1.10. The highest BCUT2D eigenvalue weighted by Gasteiger charge is 2.19. The van der Waals surface area contributed by atoms with Crippen molar-refractivity contribution in [2.24, 2.45) is 0 Å². The Hall–Kier alpha value is -7.40. The van der Waals surface area contributed by atoms with Gasteiger partial charge in [0.15, 0.2) is 0 Å². The van der Waals surface area contributed by atoms with Crippen molar-refractivity contribution in [3.63, 3.8) is 0 Å². The van der Waals surface area contributed by atoms with Crippen LogP contribution in [0.3, 0.4) is 0 Å². The molecule has 3 nitrogen and oxygen atoms in total. The van der Waals surface area contributed by atoms with Gasteiger partial charge in [0.05, 0.1) is 22.1 Å². The zero-order valence-corrected chi connectivity index (χ0v) is 32.3. The molecule has 0 bridgehead atoms. The number of nitrogens with zero attached hydrogens (tertiary/aromatic N) is 3. The molecule has 4 heteroatoms. The topological polar surface area (TPSA) is 13.1 Å². The molecule has 3 aromatic heterocycles. The van der Waals surface area contributed by atoms with Gasteiger partial charge in [0.2, 0.25) is 0 Å². The number of aromatic nitrogens is 2. The highest BCUT2D eigenvalue weighted by molar-refractivity contribution is 7.25. The first-order chi connectivity index (χ1) is 28.8. The highest BCUT2D eigenvalue weighted by atomic mass is 32.1. The average molecular weight is 758 g/mol. The third-order valence-corrected chi connectivity index (χ3v) is 12.8. The predicted molar refractivity (Wildman–Crippen MR) is 248 cm³/mol. The fourth-order valence-electron chi connectivity index (χ4n) is 9.08. The Bertz CT molecular complexity index is 3520. The van der Waals surface area contributed by atoms with Crippen LogP contribution in [0.4, 0.5) is 17.1 Å². The summed E-state index contributed by atoms with van der Waals surface area (Å²) in [5.41, 5.74) is 12.8. The summed E-state index contributed by atoms with van der Waals surface area (Å²) >= 11 is 1.85. The first-order valence-electron chi connectivity index (χ1n) is 19.8. The molecule has 0 aliphatic rings. The van der Waals surface area contributed by atoms with Gasteiger partial charge in [-0.3, -0.25) is 0 Å². The number of thiophene rings is 1. The first kappa shape index (κ1) is 32.8. The summed E-state index contributed by atoms with van der Waals surface area (Å²) in [5.74, 6) is 0. The molecule has 0 saturated heterocycles. The number of hydrogen-bond acceptors (Lipinski definition) is 2. The van der Waals surface area contributed by atoms with Crippen LogP contribution < -0.4 is 4.90 Å². The van der Waals surface area contributed by atoms with Gasteiger partial charge in [-0.05, 0) is 108 Å². The molecule has 0 radical (unpaired) electrons. The van der Waals surface area contributed by atoms with Crippen molar-refractivity contribution in [1.82, 2.24) is 9.13 Å². The number of para-hydroxylation sites is 4. The van der Waals surface area contributed by atoms with Crippen LogP contribution in [-0.2, 0) is 0 Å². The van der Waals surface area contributed by atoms with E-state index < -0.39 is 0 Å². The molecule has 9 aromatic carbocycles. The minimum absolute atomic E-state index is 1.10. The molecule has 0 atom stereocenters. The van der Waals surface area contributed by atoms with Crippen molar-refractivity contribution < 1.29 is 0 Å². The average Bonchev–Trinajstić information content (AvgIpc) is 3.94. The molecule has 58 heavy (non-hydrogen) atoms. The Balaban J connectivity index is 1.01. The molecule has 0 N–H and O–H groups in total. The zero-order chi connectivity index (χ0) is 38.2. The normalized spacial score (nSPS) is 11.8. The van der Waals surface area contributed by atoms with Gasteiger partial charge in [-0.15, -0.1) is 11.3 Å². The molecule has 0 unspecified atom stereocenters. The van der Waals surface area contributed by atoms with E-state index in [1.807, 2.05) is 11.3 Å². The van der Waals surface area contributed by atoms with E-state index in [0.717, 1.165) is 28.4 Å². The standard InChI is InChI=1S/C54H35N3S/c1-3-14-38(15-4-1)55(42-28-31-54-48(35-42)46-22-9-12-25-53(46)58-54)40-18-13-19-41(34-40)57-50-24-11-8-21-44(50)47-32-36(27-30-51(47)57)37-26-29-45-43-20-7-10-23-49(43)56(52(45)33-37)39-16-5-2-6-17-39/h1-35H. The lowest BCUT2D eigenvalue weighted by Crippen LogP contribution is -2.10. The monoisotopic (exact) mass is 757 g/mol. The molecule has 0 aliphatic heterocycles. The Morgan fingerprint density at radius 1 is 0.293 bits per heavy atom. The number of anilines is 3. The molecular formula is C54H35N3S. The molecule has 0 aliphatic carbocycles. The van der Waals surface area contributed by atoms with Gasteiger partial charge in [0.1, 0.15) is 0 Å². The van der Waals surface area contributed by atoms with Gasteiger partial charge >= 0.3 is 0 Å². The fraction of sp³-hybridized carbons (Fsp3) is 0. The molecule has 0 spiro atoms. The maximum absolute atomic E-state index is 2.42. The molecule has 12 rings (SSSR count). The fourth-order valence-corrected chi connectivity index (χ4v) is 10.2. The van der Waals surface area contributed by atoms with Crippen molar-refractivity contribution in [1.29, 1.82) is 0 Å². The van der Waals surface area contributed by atoms with Crippen LogP contribution in [0.2, 0.25) is 0 Å². The second-order valence-electron chi connectivity index (χ2n) is 15.0. The molecule has 0 amide bonds. The summed E-state index contributed by atoms with van der Waals surface area (Å²) < 4.78 is 7.43. The van der Waals surface area contributed by atoms with E-state index in [2.05, 4.69) is 226 Å². The number of rotatable bonds is 6. The van der Waals surface area contributed by atoms with Gasteiger partial charge < -0.3 is 14.0 Å². The third-order valence-electron chi connectivity index (χ3n) is 11.7. The first-order valence-corrected chi connectivity index (χ1v) is 20.6. The van der Waals surface area contributed by atoms with Crippen LogP contribution in [0.25, 0.3) is 86.3 Å². The Kier molecular flexibility index (Phi) is 7.40. The summed E-state index contributed by atoms with van der Waals surface area (Å²) in [5, 5.41) is 7.58. The van der Waals surface area contributed by atoms with Gasteiger partial charge in [-0.25, -0.2) is 0 Å². The van der Waals surface area contributed by atoms with E-state index in [1.165, 1.54) is 74.9 Å². The van der Waals surface area contributed by atoms with Crippen LogP contribution in [0, 0.1) is 0 Å². The third kappa shape index (κ3) is 5.12. The van der Waals surface area contributed by atoms with Gasteiger partial charge in [-0.2, -0.15) is 0 Å². The van der Waals surface area contributed by atoms with Gasteiger partial charge in [-0.1, -0.05) is 115 Å². The quantitative estimate of drug-likeness (QED) is 0.165. The molecule has 272 valence electrons. The molecule has 0 fully saturated rings. The van der Waals surface area contributed by atoms with Crippen molar-refractivity contribution in [3.8, 4) is 22.5 Å². The van der Waals surface area contributed by atoms with E-state index >= 15 is 0 Å². The number of fused-ring (bicyclic) bond motifs is 9.